The van der Waals surface area contributed by atoms with Gasteiger partial charge in [0.15, 0.2) is 0 Å². The summed E-state index contributed by atoms with van der Waals surface area (Å²) in [6.07, 6.45) is 0. The van der Waals surface area contributed by atoms with Crippen LogP contribution in [-0.2, 0) is 0 Å². The predicted molar refractivity (Wildman–Crippen MR) is 92.0 cm³/mol. The lowest BCUT2D eigenvalue weighted by Gasteiger charge is -2.09. The van der Waals surface area contributed by atoms with Crippen LogP contribution in [0.25, 0.3) is 16.5 Å². The first-order valence-electron chi connectivity index (χ1n) is 7.18. The number of phenolic OH excluding ortho intramolecular Hbond substituents is 2. The quantitative estimate of drug-likeness (QED) is 0.644. The molecule has 4 heteroatoms. The second-order valence-corrected chi connectivity index (χ2v) is 5.27. The molecule has 4 nitrogen and oxygen atoms in total. The number of rotatable bonds is 3. The van der Waals surface area contributed by atoms with Gasteiger partial charge in [0.05, 0.1) is 16.8 Å². The first-order chi connectivity index (χ1) is 11.1. The fourth-order valence-electron chi connectivity index (χ4n) is 2.45. The van der Waals surface area contributed by atoms with Crippen LogP contribution in [-0.4, -0.2) is 10.2 Å². The van der Waals surface area contributed by atoms with Gasteiger partial charge >= 0.3 is 0 Å². The maximum atomic E-state index is 10.2. The van der Waals surface area contributed by atoms with E-state index in [0.717, 1.165) is 5.56 Å². The Bertz CT molecular complexity index is 916. The highest BCUT2D eigenvalue weighted by atomic mass is 16.3. The molecule has 0 bridgehead atoms. The van der Waals surface area contributed by atoms with E-state index in [0.29, 0.717) is 27.7 Å². The van der Waals surface area contributed by atoms with E-state index in [-0.39, 0.29) is 11.5 Å². The summed E-state index contributed by atoms with van der Waals surface area (Å²) in [5.41, 5.74) is 2.56. The van der Waals surface area contributed by atoms with Gasteiger partial charge in [-0.1, -0.05) is 49.0 Å². The number of nitrogens with zero attached hydrogens (tertiary/aromatic N) is 2. The molecule has 0 spiro atoms. The summed E-state index contributed by atoms with van der Waals surface area (Å²) in [5, 5.41) is 29.7. The van der Waals surface area contributed by atoms with Gasteiger partial charge in [-0.15, -0.1) is 5.11 Å². The van der Waals surface area contributed by atoms with Crippen molar-refractivity contribution in [1.82, 2.24) is 0 Å². The van der Waals surface area contributed by atoms with Crippen LogP contribution in [0.2, 0.25) is 0 Å². The minimum Gasteiger partial charge on any atom is -0.507 e. The standard InChI is InChI=1S/C19H16N2O2/c1-12-11-16(18-15(19(12)23)9-6-10-17(18)22)21-20-13(2)14-7-4-3-5-8-14/h3-11,22-23H,2H2,1H3. The Hall–Kier alpha value is -3.14. The summed E-state index contributed by atoms with van der Waals surface area (Å²) in [6, 6.07) is 16.2. The maximum absolute atomic E-state index is 10.2. The van der Waals surface area contributed by atoms with Crippen LogP contribution in [0.15, 0.2) is 71.4 Å². The summed E-state index contributed by atoms with van der Waals surface area (Å²) in [4.78, 5) is 0. The molecule has 0 aliphatic carbocycles. The monoisotopic (exact) mass is 304 g/mol. The Morgan fingerprint density at radius 3 is 2.48 bits per heavy atom. The fraction of sp³-hybridized carbons (Fsp3) is 0.0526. The van der Waals surface area contributed by atoms with Gasteiger partial charge in [-0.05, 0) is 24.6 Å². The SMILES string of the molecule is C=C(N=Nc1cc(C)c(O)c2cccc(O)c12)c1ccccc1. The van der Waals surface area contributed by atoms with E-state index >= 15 is 0 Å². The normalized spacial score (nSPS) is 11.2. The molecule has 3 aromatic carbocycles. The van der Waals surface area contributed by atoms with Crippen LogP contribution in [0.1, 0.15) is 11.1 Å². The third-order valence-corrected chi connectivity index (χ3v) is 3.67. The lowest BCUT2D eigenvalue weighted by atomic mass is 10.0. The van der Waals surface area contributed by atoms with Crippen molar-refractivity contribution in [3.8, 4) is 11.5 Å². The molecule has 114 valence electrons. The van der Waals surface area contributed by atoms with Crippen LogP contribution in [0.5, 0.6) is 11.5 Å². The molecule has 3 rings (SSSR count). The maximum Gasteiger partial charge on any atom is 0.126 e. The van der Waals surface area contributed by atoms with Crippen molar-refractivity contribution in [3.63, 3.8) is 0 Å². The highest BCUT2D eigenvalue weighted by Crippen LogP contribution is 2.40. The third kappa shape index (κ3) is 2.79. The highest BCUT2D eigenvalue weighted by Gasteiger charge is 2.12. The first-order valence-corrected chi connectivity index (χ1v) is 7.18. The number of azo groups is 1. The van der Waals surface area contributed by atoms with E-state index in [1.54, 1.807) is 31.2 Å². The molecule has 0 radical (unpaired) electrons. The molecule has 3 aromatic rings. The number of benzene rings is 3. The van der Waals surface area contributed by atoms with Crippen LogP contribution in [0, 0.1) is 6.92 Å². The van der Waals surface area contributed by atoms with Gasteiger partial charge in [0.2, 0.25) is 0 Å². The largest absolute Gasteiger partial charge is 0.507 e. The number of phenols is 2. The van der Waals surface area contributed by atoms with Crippen LogP contribution in [0.4, 0.5) is 5.69 Å². The van der Waals surface area contributed by atoms with Crippen LogP contribution in [0.3, 0.4) is 0 Å². The Balaban J connectivity index is 2.09. The zero-order valence-electron chi connectivity index (χ0n) is 12.7. The molecule has 0 saturated carbocycles. The van der Waals surface area contributed by atoms with Gasteiger partial charge in [0, 0.05) is 10.9 Å². The topological polar surface area (TPSA) is 65.2 Å². The molecule has 0 aliphatic heterocycles. The lowest BCUT2D eigenvalue weighted by Crippen LogP contribution is -1.82. The first kappa shape index (κ1) is 14.8. The van der Waals surface area contributed by atoms with Gasteiger partial charge < -0.3 is 10.2 Å². The summed E-state index contributed by atoms with van der Waals surface area (Å²) in [7, 11) is 0. The zero-order valence-corrected chi connectivity index (χ0v) is 12.7. The summed E-state index contributed by atoms with van der Waals surface area (Å²) >= 11 is 0. The van der Waals surface area contributed by atoms with Crippen molar-refractivity contribution in [2.45, 2.75) is 6.92 Å². The van der Waals surface area contributed by atoms with Gasteiger partial charge in [-0.2, -0.15) is 5.11 Å². The van der Waals surface area contributed by atoms with Crippen molar-refractivity contribution < 1.29 is 10.2 Å². The van der Waals surface area contributed by atoms with Crippen molar-refractivity contribution in [2.75, 3.05) is 0 Å². The van der Waals surface area contributed by atoms with E-state index in [9.17, 15) is 10.2 Å². The lowest BCUT2D eigenvalue weighted by molar-refractivity contribution is 0.473. The fourth-order valence-corrected chi connectivity index (χ4v) is 2.45. The van der Waals surface area contributed by atoms with E-state index in [1.807, 2.05) is 30.3 Å². The number of hydrogen-bond acceptors (Lipinski definition) is 4. The van der Waals surface area contributed by atoms with E-state index < -0.39 is 0 Å². The molecule has 0 amide bonds. The number of aromatic hydroxyl groups is 2. The van der Waals surface area contributed by atoms with Crippen molar-refractivity contribution in [3.05, 3.63) is 72.3 Å². The van der Waals surface area contributed by atoms with Gasteiger partial charge in [0.25, 0.3) is 0 Å². The van der Waals surface area contributed by atoms with Gasteiger partial charge in [0.1, 0.15) is 11.5 Å². The Kier molecular flexibility index (Phi) is 3.81. The number of hydrogen-bond donors (Lipinski definition) is 2. The van der Waals surface area contributed by atoms with Crippen molar-refractivity contribution in [1.29, 1.82) is 0 Å². The van der Waals surface area contributed by atoms with Gasteiger partial charge in [-0.25, -0.2) is 0 Å². The number of fused-ring (bicyclic) bond motifs is 1. The Morgan fingerprint density at radius 2 is 1.74 bits per heavy atom. The van der Waals surface area contributed by atoms with Crippen molar-refractivity contribution in [2.24, 2.45) is 10.2 Å². The summed E-state index contributed by atoms with van der Waals surface area (Å²) in [5.74, 6) is 0.189. The average Bonchev–Trinajstić information content (AvgIpc) is 2.57. The molecule has 0 saturated heterocycles. The smallest absolute Gasteiger partial charge is 0.126 e. The minimum atomic E-state index is 0.0528. The zero-order chi connectivity index (χ0) is 16.4. The summed E-state index contributed by atoms with van der Waals surface area (Å²) in [6.45, 7) is 5.69. The molecule has 0 aliphatic rings. The molecular weight excluding hydrogens is 288 g/mol. The summed E-state index contributed by atoms with van der Waals surface area (Å²) < 4.78 is 0. The molecule has 0 unspecified atom stereocenters. The van der Waals surface area contributed by atoms with Gasteiger partial charge in [-0.3, -0.25) is 0 Å². The van der Waals surface area contributed by atoms with Crippen molar-refractivity contribution >= 4 is 22.2 Å². The average molecular weight is 304 g/mol. The molecule has 0 atom stereocenters. The van der Waals surface area contributed by atoms with E-state index in [4.69, 9.17) is 0 Å². The second kappa shape index (κ2) is 5.93. The predicted octanol–water partition coefficient (Wildman–Crippen LogP) is 5.31. The molecule has 23 heavy (non-hydrogen) atoms. The molecule has 0 heterocycles. The van der Waals surface area contributed by atoms with E-state index in [2.05, 4.69) is 16.8 Å². The molecule has 0 fully saturated rings. The highest BCUT2D eigenvalue weighted by molar-refractivity contribution is 6.01. The van der Waals surface area contributed by atoms with Crippen LogP contribution >= 0.6 is 0 Å². The molecule has 0 aromatic heterocycles. The van der Waals surface area contributed by atoms with E-state index in [1.165, 1.54) is 0 Å². The Labute approximate surface area is 134 Å². The third-order valence-electron chi connectivity index (χ3n) is 3.67. The minimum absolute atomic E-state index is 0.0528. The second-order valence-electron chi connectivity index (χ2n) is 5.27. The number of aryl methyl sites for hydroxylation is 1. The Morgan fingerprint density at radius 1 is 1.00 bits per heavy atom. The molecular formula is C19H16N2O2. The molecule has 2 N–H and O–H groups in total. The van der Waals surface area contributed by atoms with Crippen LogP contribution < -0.4 is 0 Å².